The highest BCUT2D eigenvalue weighted by Gasteiger charge is 2.19. The quantitative estimate of drug-likeness (QED) is 0.188. The second-order valence-corrected chi connectivity index (χ2v) is 9.90. The highest BCUT2D eigenvalue weighted by atomic mass is 19.1. The van der Waals surface area contributed by atoms with Crippen molar-refractivity contribution < 1.29 is 32.5 Å². The molecule has 2 aromatic heterocycles. The number of fused-ring (bicyclic) bond motifs is 2. The summed E-state index contributed by atoms with van der Waals surface area (Å²) in [7, 11) is 4.43. The molecule has 0 radical (unpaired) electrons. The molecule has 2 heterocycles. The molecule has 0 fully saturated rings. The van der Waals surface area contributed by atoms with E-state index in [9.17, 15) is 14.0 Å². The number of aromatic nitrogens is 2. The summed E-state index contributed by atoms with van der Waals surface area (Å²) in [5.74, 6) is 0.763. The average Bonchev–Trinajstić information content (AvgIpc) is 3.51. The molecule has 6 rings (SSSR count). The lowest BCUT2D eigenvalue weighted by Gasteiger charge is -2.15. The predicted molar refractivity (Wildman–Crippen MR) is 171 cm³/mol. The van der Waals surface area contributed by atoms with Crippen LogP contribution in [0.5, 0.6) is 23.0 Å². The monoisotopic (exact) mass is 622 g/mol. The number of methoxy groups -OCH3 is 3. The lowest BCUT2D eigenvalue weighted by Crippen LogP contribution is -2.20. The number of para-hydroxylation sites is 1. The van der Waals surface area contributed by atoms with E-state index >= 15 is 0 Å². The minimum absolute atomic E-state index is 0.165. The van der Waals surface area contributed by atoms with E-state index in [4.69, 9.17) is 28.3 Å². The summed E-state index contributed by atoms with van der Waals surface area (Å²) >= 11 is 0. The Bertz CT molecular complexity index is 2150. The van der Waals surface area contributed by atoms with E-state index in [0.717, 1.165) is 4.68 Å². The SMILES string of the molecule is COc1cc(C=Nn2c(-c3cc4c(OC)cccc4o3)nc3ccccc3c2=O)cc(OC)c1OCC(=O)Nc1cccc(F)c1. The Kier molecular flexibility index (Phi) is 8.33. The number of nitrogens with zero attached hydrogens (tertiary/aromatic N) is 3. The fourth-order valence-corrected chi connectivity index (χ4v) is 4.86. The van der Waals surface area contributed by atoms with Gasteiger partial charge in [0.05, 0.1) is 43.8 Å². The normalized spacial score (nSPS) is 11.2. The van der Waals surface area contributed by atoms with Crippen LogP contribution in [0.3, 0.4) is 0 Å². The summed E-state index contributed by atoms with van der Waals surface area (Å²) in [6, 6.07) is 22.8. The second-order valence-electron chi connectivity index (χ2n) is 9.90. The van der Waals surface area contributed by atoms with Crippen molar-refractivity contribution in [3.05, 3.63) is 107 Å². The van der Waals surface area contributed by atoms with Gasteiger partial charge in [0.25, 0.3) is 11.5 Å². The Morgan fingerprint density at radius 1 is 0.913 bits per heavy atom. The minimum Gasteiger partial charge on any atom is -0.496 e. The number of anilines is 1. The van der Waals surface area contributed by atoms with Gasteiger partial charge in [-0.3, -0.25) is 9.59 Å². The molecule has 0 atom stereocenters. The zero-order valence-corrected chi connectivity index (χ0v) is 24.9. The number of ether oxygens (including phenoxy) is 4. The van der Waals surface area contributed by atoms with Crippen molar-refractivity contribution in [2.24, 2.45) is 5.10 Å². The van der Waals surface area contributed by atoms with Gasteiger partial charge in [0.15, 0.2) is 23.9 Å². The number of halogens is 1. The van der Waals surface area contributed by atoms with Crippen LogP contribution >= 0.6 is 0 Å². The van der Waals surface area contributed by atoms with Gasteiger partial charge in [-0.1, -0.05) is 24.3 Å². The van der Waals surface area contributed by atoms with Gasteiger partial charge < -0.3 is 28.7 Å². The van der Waals surface area contributed by atoms with Crippen molar-refractivity contribution in [2.75, 3.05) is 33.3 Å². The first-order valence-corrected chi connectivity index (χ1v) is 14.0. The molecule has 1 amide bonds. The number of amides is 1. The van der Waals surface area contributed by atoms with Gasteiger partial charge in [-0.15, -0.1) is 0 Å². The molecule has 0 bridgehead atoms. The highest BCUT2D eigenvalue weighted by molar-refractivity contribution is 5.92. The lowest BCUT2D eigenvalue weighted by atomic mass is 10.2. The van der Waals surface area contributed by atoms with Crippen LogP contribution in [0.4, 0.5) is 10.1 Å². The Hall–Kier alpha value is -6.17. The number of nitrogens with one attached hydrogen (secondary N) is 1. The van der Waals surface area contributed by atoms with Crippen LogP contribution in [-0.4, -0.2) is 49.7 Å². The zero-order chi connectivity index (χ0) is 32.2. The van der Waals surface area contributed by atoms with E-state index in [1.165, 1.54) is 38.6 Å². The first-order chi connectivity index (χ1) is 22.4. The standard InChI is InChI=1S/C34H27FN4O7/c1-42-26-12-7-13-27-24(26)17-30(46-27)33-38-25-11-5-4-10-23(25)34(41)39(33)36-18-20-14-28(43-2)32(29(15-20)44-3)45-19-31(40)37-22-9-6-8-21(35)16-22/h4-18H,19H2,1-3H3,(H,37,40). The highest BCUT2D eigenvalue weighted by Crippen LogP contribution is 2.38. The van der Waals surface area contributed by atoms with Crippen LogP contribution in [0.25, 0.3) is 33.5 Å². The van der Waals surface area contributed by atoms with Crippen molar-refractivity contribution in [1.29, 1.82) is 0 Å². The molecule has 4 aromatic carbocycles. The fourth-order valence-electron chi connectivity index (χ4n) is 4.86. The number of hydrogen-bond acceptors (Lipinski definition) is 9. The van der Waals surface area contributed by atoms with E-state index in [-0.39, 0.29) is 23.1 Å². The molecule has 0 aliphatic heterocycles. The molecule has 232 valence electrons. The van der Waals surface area contributed by atoms with Crippen molar-refractivity contribution >= 4 is 39.7 Å². The summed E-state index contributed by atoms with van der Waals surface area (Å²) in [4.78, 5) is 30.9. The van der Waals surface area contributed by atoms with Gasteiger partial charge in [-0.05, 0) is 60.7 Å². The Balaban J connectivity index is 1.35. The molecule has 11 nitrogen and oxygen atoms in total. The van der Waals surface area contributed by atoms with Crippen LogP contribution in [0.2, 0.25) is 0 Å². The molecule has 46 heavy (non-hydrogen) atoms. The third kappa shape index (κ3) is 5.95. The second kappa shape index (κ2) is 12.8. The average molecular weight is 623 g/mol. The Morgan fingerprint density at radius 3 is 2.39 bits per heavy atom. The maximum atomic E-state index is 13.7. The molecule has 6 aromatic rings. The molecule has 0 unspecified atom stereocenters. The Labute approximate surface area is 261 Å². The molecular formula is C34H27FN4O7. The lowest BCUT2D eigenvalue weighted by molar-refractivity contribution is -0.118. The first kappa shape index (κ1) is 29.9. The number of benzene rings is 4. The van der Waals surface area contributed by atoms with Gasteiger partial charge in [0.1, 0.15) is 17.1 Å². The van der Waals surface area contributed by atoms with Crippen LogP contribution in [0, 0.1) is 5.82 Å². The summed E-state index contributed by atoms with van der Waals surface area (Å²) in [6.45, 7) is -0.402. The molecule has 0 aliphatic rings. The molecule has 0 spiro atoms. The molecule has 1 N–H and O–H groups in total. The van der Waals surface area contributed by atoms with Crippen LogP contribution in [-0.2, 0) is 4.79 Å². The number of rotatable bonds is 10. The van der Waals surface area contributed by atoms with E-state index in [2.05, 4.69) is 10.4 Å². The van der Waals surface area contributed by atoms with Crippen molar-refractivity contribution in [3.63, 3.8) is 0 Å². The minimum atomic E-state index is -0.515. The number of carbonyl (C=O) groups is 1. The van der Waals surface area contributed by atoms with E-state index in [1.807, 2.05) is 6.07 Å². The number of carbonyl (C=O) groups excluding carboxylic acids is 1. The molecule has 0 aliphatic carbocycles. The predicted octanol–water partition coefficient (Wildman–Crippen LogP) is 5.87. The van der Waals surface area contributed by atoms with Gasteiger partial charge in [-0.2, -0.15) is 9.78 Å². The fraction of sp³-hybridized carbons (Fsp3) is 0.118. The summed E-state index contributed by atoms with van der Waals surface area (Å²) in [5.41, 5.74) is 1.41. The summed E-state index contributed by atoms with van der Waals surface area (Å²) < 4.78 is 43.0. The zero-order valence-electron chi connectivity index (χ0n) is 24.9. The Morgan fingerprint density at radius 2 is 1.65 bits per heavy atom. The maximum Gasteiger partial charge on any atom is 0.282 e. The van der Waals surface area contributed by atoms with Gasteiger partial charge in [0, 0.05) is 11.3 Å². The van der Waals surface area contributed by atoms with Crippen LogP contribution in [0.15, 0.2) is 99.2 Å². The van der Waals surface area contributed by atoms with Crippen molar-refractivity contribution in [3.8, 4) is 34.6 Å². The van der Waals surface area contributed by atoms with E-state index in [0.29, 0.717) is 44.6 Å². The maximum absolute atomic E-state index is 13.7. The third-order valence-corrected chi connectivity index (χ3v) is 6.98. The van der Waals surface area contributed by atoms with Crippen molar-refractivity contribution in [2.45, 2.75) is 0 Å². The van der Waals surface area contributed by atoms with Gasteiger partial charge >= 0.3 is 0 Å². The van der Waals surface area contributed by atoms with Crippen molar-refractivity contribution in [1.82, 2.24) is 9.66 Å². The third-order valence-electron chi connectivity index (χ3n) is 6.98. The molecule has 0 saturated heterocycles. The smallest absolute Gasteiger partial charge is 0.282 e. The van der Waals surface area contributed by atoms with Gasteiger partial charge in [-0.25, -0.2) is 9.37 Å². The first-order valence-electron chi connectivity index (χ1n) is 14.0. The number of hydrogen-bond donors (Lipinski definition) is 1. The van der Waals surface area contributed by atoms with Crippen LogP contribution in [0.1, 0.15) is 5.56 Å². The van der Waals surface area contributed by atoms with E-state index in [1.54, 1.807) is 67.8 Å². The summed E-state index contributed by atoms with van der Waals surface area (Å²) in [5, 5.41) is 8.16. The van der Waals surface area contributed by atoms with Crippen LogP contribution < -0.4 is 29.8 Å². The largest absolute Gasteiger partial charge is 0.496 e. The molecule has 12 heteroatoms. The molecular weight excluding hydrogens is 595 g/mol. The summed E-state index contributed by atoms with van der Waals surface area (Å²) in [6.07, 6.45) is 1.44. The topological polar surface area (TPSA) is 126 Å². The van der Waals surface area contributed by atoms with Gasteiger partial charge in [0.2, 0.25) is 11.6 Å². The number of furan rings is 1. The molecule has 0 saturated carbocycles. The van der Waals surface area contributed by atoms with E-state index < -0.39 is 23.9 Å².